The highest BCUT2D eigenvalue weighted by molar-refractivity contribution is 5.98. The molecule has 7 rings (SSSR count). The van der Waals surface area contributed by atoms with Gasteiger partial charge in [0.2, 0.25) is 0 Å². The molecule has 1 saturated heterocycles. The van der Waals surface area contributed by atoms with Crippen molar-refractivity contribution in [3.63, 3.8) is 0 Å². The third kappa shape index (κ3) is 6.75. The summed E-state index contributed by atoms with van der Waals surface area (Å²) in [7, 11) is 0. The van der Waals surface area contributed by atoms with Gasteiger partial charge in [0.15, 0.2) is 23.2 Å². The molecule has 1 amide bonds. The number of benzene rings is 3. The van der Waals surface area contributed by atoms with Gasteiger partial charge in [0.25, 0.3) is 5.91 Å². The van der Waals surface area contributed by atoms with Crippen LogP contribution in [0.25, 0.3) is 0 Å². The summed E-state index contributed by atoms with van der Waals surface area (Å²) in [6.45, 7) is 6.26. The number of allylic oxidation sites excluding steroid dienone is 1. The summed E-state index contributed by atoms with van der Waals surface area (Å²) in [4.78, 5) is 69.2. The second-order valence-electron chi connectivity index (χ2n) is 16.9. The number of nitrogens with one attached hydrogen (secondary N) is 1. The van der Waals surface area contributed by atoms with Crippen LogP contribution in [0.3, 0.4) is 0 Å². The Morgan fingerprint density at radius 1 is 0.881 bits per heavy atom. The first-order chi connectivity index (χ1) is 27.8. The standard InChI is InChI=1S/C45H48FNO12/c1-25(48)59-44-24-56-32(44)22-31(50)42(4)30(49)21-29-41(2,3)45(55,37(36(42)44)58-39(53)28-19-13-8-14-20-28)23-33(43(29,5)46)57-40(54)35(51)34(26-15-9-6-10-16-26)47-38(52)27-17-11-7-12-18-27/h6-21,31-37,50-51,55H,22-24H2,1-5H3,(H,47,52)/b29-21+/t31-,32+,33-,34-,35+,36?,37?,42+,43?,44-,45+/m0/s1. The molecular formula is C45H48FNO12. The molecule has 14 heteroatoms. The number of rotatable bonds is 9. The normalized spacial score (nSPS) is 35.0. The Kier molecular flexibility index (Phi) is 10.7. The van der Waals surface area contributed by atoms with E-state index in [4.69, 9.17) is 18.9 Å². The topological polar surface area (TPSA) is 195 Å². The van der Waals surface area contributed by atoms with Gasteiger partial charge >= 0.3 is 17.9 Å². The van der Waals surface area contributed by atoms with E-state index in [1.807, 2.05) is 0 Å². The van der Waals surface area contributed by atoms with Crippen LogP contribution in [0.2, 0.25) is 0 Å². The molecule has 11 atom stereocenters. The third-order valence-corrected chi connectivity index (χ3v) is 13.2. The van der Waals surface area contributed by atoms with Gasteiger partial charge in [-0.15, -0.1) is 0 Å². The van der Waals surface area contributed by atoms with Crippen LogP contribution in [0.15, 0.2) is 103 Å². The molecule has 13 nitrogen and oxygen atoms in total. The van der Waals surface area contributed by atoms with Crippen molar-refractivity contribution in [2.24, 2.45) is 16.7 Å². The molecular weight excluding hydrogens is 765 g/mol. The quantitative estimate of drug-likeness (QED) is 0.179. The van der Waals surface area contributed by atoms with E-state index in [0.29, 0.717) is 5.56 Å². The number of carbonyl (C=O) groups is 5. The van der Waals surface area contributed by atoms with Gasteiger partial charge < -0.3 is 39.6 Å². The minimum absolute atomic E-state index is 0.0563. The van der Waals surface area contributed by atoms with E-state index in [9.17, 15) is 39.3 Å². The maximum absolute atomic E-state index is 17.8. The molecule has 3 aromatic carbocycles. The summed E-state index contributed by atoms with van der Waals surface area (Å²) in [6, 6.07) is 22.6. The van der Waals surface area contributed by atoms with E-state index in [0.717, 1.165) is 19.9 Å². The average molecular weight is 814 g/mol. The van der Waals surface area contributed by atoms with Crippen molar-refractivity contribution in [2.75, 3.05) is 6.61 Å². The van der Waals surface area contributed by atoms with Gasteiger partial charge in [-0.1, -0.05) is 80.6 Å². The lowest BCUT2D eigenvalue weighted by Gasteiger charge is -2.67. The van der Waals surface area contributed by atoms with Crippen molar-refractivity contribution in [3.05, 3.63) is 119 Å². The van der Waals surface area contributed by atoms with Gasteiger partial charge in [0.05, 0.1) is 35.6 Å². The number of ketones is 1. The number of carbonyl (C=O) groups excluding carboxylic acids is 5. The largest absolute Gasteiger partial charge is 0.456 e. The molecule has 1 heterocycles. The number of aliphatic hydroxyl groups is 3. The summed E-state index contributed by atoms with van der Waals surface area (Å²) in [5.41, 5.74) is -10.3. The van der Waals surface area contributed by atoms with Crippen LogP contribution in [-0.4, -0.2) is 98.9 Å². The first-order valence-corrected chi connectivity index (χ1v) is 19.5. The van der Waals surface area contributed by atoms with E-state index in [1.54, 1.807) is 78.9 Å². The summed E-state index contributed by atoms with van der Waals surface area (Å²) in [5, 5.41) is 39.5. The Labute approximate surface area is 340 Å². The Morgan fingerprint density at radius 3 is 2.02 bits per heavy atom. The second kappa shape index (κ2) is 15.1. The molecule has 1 aliphatic heterocycles. The van der Waals surface area contributed by atoms with E-state index >= 15 is 4.39 Å². The lowest BCUT2D eigenvalue weighted by atomic mass is 9.45. The summed E-state index contributed by atoms with van der Waals surface area (Å²) >= 11 is 0. The zero-order valence-corrected chi connectivity index (χ0v) is 33.3. The molecule has 0 spiro atoms. The van der Waals surface area contributed by atoms with Crippen LogP contribution in [0.1, 0.15) is 79.8 Å². The van der Waals surface area contributed by atoms with Crippen molar-refractivity contribution in [1.29, 1.82) is 0 Å². The lowest BCUT2D eigenvalue weighted by molar-refractivity contribution is -0.345. The molecule has 4 aliphatic rings. The third-order valence-electron chi connectivity index (χ3n) is 13.2. The first-order valence-electron chi connectivity index (χ1n) is 19.5. The van der Waals surface area contributed by atoms with E-state index in [-0.39, 0.29) is 29.7 Å². The second-order valence-corrected chi connectivity index (χ2v) is 16.9. The number of halogens is 1. The molecule has 3 aliphatic carbocycles. The number of aliphatic hydroxyl groups excluding tert-OH is 2. The Bertz CT molecular complexity index is 2160. The molecule has 3 fully saturated rings. The van der Waals surface area contributed by atoms with Crippen molar-refractivity contribution in [1.82, 2.24) is 5.32 Å². The molecule has 59 heavy (non-hydrogen) atoms. The van der Waals surface area contributed by atoms with Crippen molar-refractivity contribution in [2.45, 2.75) is 101 Å². The number of ether oxygens (including phenoxy) is 4. The highest BCUT2D eigenvalue weighted by atomic mass is 19.1. The number of hydrogen-bond donors (Lipinski definition) is 4. The van der Waals surface area contributed by atoms with Crippen molar-refractivity contribution in [3.8, 4) is 0 Å². The number of fused-ring (bicyclic) bond motifs is 5. The summed E-state index contributed by atoms with van der Waals surface area (Å²) in [6.07, 6.45) is -8.38. The fourth-order valence-electron chi connectivity index (χ4n) is 9.74. The molecule has 4 N–H and O–H groups in total. The lowest BCUT2D eigenvalue weighted by Crippen LogP contribution is -2.81. The fraction of sp³-hybridized carbons (Fsp3) is 0.444. The smallest absolute Gasteiger partial charge is 0.338 e. The van der Waals surface area contributed by atoms with Crippen LogP contribution in [0.4, 0.5) is 4.39 Å². The predicted molar refractivity (Wildman–Crippen MR) is 207 cm³/mol. The van der Waals surface area contributed by atoms with Gasteiger partial charge in [-0.25, -0.2) is 14.0 Å². The zero-order chi connectivity index (χ0) is 42.7. The molecule has 0 aromatic heterocycles. The highest BCUT2D eigenvalue weighted by Crippen LogP contribution is 2.65. The Morgan fingerprint density at radius 2 is 1.46 bits per heavy atom. The molecule has 2 saturated carbocycles. The number of esters is 3. The average Bonchev–Trinajstić information content (AvgIpc) is 3.21. The minimum atomic E-state index is -2.72. The highest BCUT2D eigenvalue weighted by Gasteiger charge is 2.78. The summed E-state index contributed by atoms with van der Waals surface area (Å²) in [5.74, 6) is -6.03. The maximum atomic E-state index is 17.8. The van der Waals surface area contributed by atoms with Crippen LogP contribution in [0, 0.1) is 16.7 Å². The minimum Gasteiger partial charge on any atom is -0.456 e. The Balaban J connectivity index is 1.34. The van der Waals surface area contributed by atoms with Crippen molar-refractivity contribution < 1.29 is 62.6 Å². The predicted octanol–water partition coefficient (Wildman–Crippen LogP) is 4.14. The first kappa shape index (κ1) is 41.9. The molecule has 3 aromatic rings. The Hall–Kier alpha value is -5.28. The molecule has 2 bridgehead atoms. The van der Waals surface area contributed by atoms with Crippen LogP contribution >= 0.6 is 0 Å². The zero-order valence-electron chi connectivity index (χ0n) is 33.3. The van der Waals surface area contributed by atoms with Gasteiger partial charge in [-0.05, 0) is 55.3 Å². The van der Waals surface area contributed by atoms with Gasteiger partial charge in [0.1, 0.15) is 23.9 Å². The molecule has 3 unspecified atom stereocenters. The maximum Gasteiger partial charge on any atom is 0.338 e. The van der Waals surface area contributed by atoms with Crippen LogP contribution < -0.4 is 5.32 Å². The molecule has 0 radical (unpaired) electrons. The SMILES string of the molecule is CC(=O)O[C@@]12CO[C@@H]1C[C@H](O)[C@@]1(C)C(=O)/C=C3/C(C)(F)[C@@H](OC(=O)[C@H](O)[C@@H](NC(=O)c4ccccc4)c4ccccc4)C[C@@](O)(C(OC(=O)c4ccccc4)C12)C3(C)C. The van der Waals surface area contributed by atoms with Gasteiger partial charge in [0, 0.05) is 30.7 Å². The number of amides is 1. The van der Waals surface area contributed by atoms with Gasteiger partial charge in [-0.2, -0.15) is 0 Å². The van der Waals surface area contributed by atoms with Crippen LogP contribution in [0.5, 0.6) is 0 Å². The fourth-order valence-corrected chi connectivity index (χ4v) is 9.74. The van der Waals surface area contributed by atoms with E-state index in [1.165, 1.54) is 32.9 Å². The van der Waals surface area contributed by atoms with E-state index < -0.39 is 106 Å². The number of alkyl halides is 1. The monoisotopic (exact) mass is 813 g/mol. The summed E-state index contributed by atoms with van der Waals surface area (Å²) < 4.78 is 41.7. The number of hydrogen-bond acceptors (Lipinski definition) is 12. The van der Waals surface area contributed by atoms with E-state index in [2.05, 4.69) is 5.32 Å². The molecule has 312 valence electrons. The van der Waals surface area contributed by atoms with Crippen LogP contribution in [-0.2, 0) is 33.3 Å². The van der Waals surface area contributed by atoms with Crippen molar-refractivity contribution >= 4 is 29.6 Å². The van der Waals surface area contributed by atoms with Gasteiger partial charge in [-0.3, -0.25) is 14.4 Å².